The summed E-state index contributed by atoms with van der Waals surface area (Å²) in [7, 11) is 0. The lowest BCUT2D eigenvalue weighted by atomic mass is 9.80. The molecule has 0 aliphatic carbocycles. The van der Waals surface area contributed by atoms with Crippen molar-refractivity contribution in [2.75, 3.05) is 6.26 Å². The molecule has 1 aliphatic rings. The molecule has 2 aromatic rings. The molecule has 2 heterocycles. The van der Waals surface area contributed by atoms with Gasteiger partial charge >= 0.3 is 0 Å². The summed E-state index contributed by atoms with van der Waals surface area (Å²) in [4.78, 5) is 5.46. The second kappa shape index (κ2) is 7.30. The van der Waals surface area contributed by atoms with Crippen molar-refractivity contribution >= 4 is 53.1 Å². The molecule has 3 N–H and O–H groups in total. The zero-order valence-electron chi connectivity index (χ0n) is 12.8. The Morgan fingerprint density at radius 1 is 1.39 bits per heavy atom. The van der Waals surface area contributed by atoms with Crippen molar-refractivity contribution < 1.29 is 0 Å². The number of aromatic nitrogens is 1. The molecule has 0 spiro atoms. The topological polar surface area (TPSA) is 62.8 Å². The fourth-order valence-electron chi connectivity index (χ4n) is 2.84. The van der Waals surface area contributed by atoms with E-state index in [-0.39, 0.29) is 28.2 Å². The number of allylic oxidation sites excluding steroid dienone is 1. The minimum Gasteiger partial charge on any atom is -0.383 e. The van der Waals surface area contributed by atoms with Crippen LogP contribution in [0.2, 0.25) is 0 Å². The molecule has 7 heteroatoms. The molecule has 2 unspecified atom stereocenters. The Hall–Kier alpha value is -0.950. The minimum atomic E-state index is -0.329. The Bertz CT molecular complexity index is 730. The average Bonchev–Trinajstić information content (AvgIpc) is 3.15. The lowest BCUT2D eigenvalue weighted by Gasteiger charge is -2.32. The quantitative estimate of drug-likeness (QED) is 0.606. The van der Waals surface area contributed by atoms with Crippen molar-refractivity contribution in [2.45, 2.75) is 16.9 Å². The SMILES string of the molecule is CSC1SC(C(=N)N)=CC1(c1nccs1)c1ccccc1C.Cl. The van der Waals surface area contributed by atoms with Crippen LogP contribution in [0.25, 0.3) is 0 Å². The molecule has 1 aliphatic heterocycles. The van der Waals surface area contributed by atoms with E-state index in [0.717, 1.165) is 9.91 Å². The van der Waals surface area contributed by atoms with Crippen LogP contribution in [0.15, 0.2) is 46.8 Å². The number of nitrogens with zero attached hydrogens (tertiary/aromatic N) is 1. The summed E-state index contributed by atoms with van der Waals surface area (Å²) in [6.45, 7) is 2.13. The number of hydrogen-bond acceptors (Lipinski definition) is 5. The summed E-state index contributed by atoms with van der Waals surface area (Å²) < 4.78 is 0.221. The molecule has 1 aromatic carbocycles. The monoisotopic (exact) mass is 383 g/mol. The molecular formula is C16H18ClN3S3. The van der Waals surface area contributed by atoms with Gasteiger partial charge in [-0.05, 0) is 30.4 Å². The third-order valence-electron chi connectivity index (χ3n) is 3.82. The smallest absolute Gasteiger partial charge is 0.129 e. The second-order valence-electron chi connectivity index (χ2n) is 5.13. The Morgan fingerprint density at radius 3 is 2.70 bits per heavy atom. The van der Waals surface area contributed by atoms with Gasteiger partial charge in [0.05, 0.1) is 10.00 Å². The van der Waals surface area contributed by atoms with Crippen LogP contribution >= 0.6 is 47.3 Å². The van der Waals surface area contributed by atoms with Crippen molar-refractivity contribution in [1.29, 1.82) is 5.41 Å². The van der Waals surface area contributed by atoms with Gasteiger partial charge in [0.25, 0.3) is 0 Å². The number of nitrogens with one attached hydrogen (secondary N) is 1. The van der Waals surface area contributed by atoms with E-state index in [1.165, 1.54) is 11.1 Å². The molecule has 122 valence electrons. The highest BCUT2D eigenvalue weighted by Crippen LogP contribution is 2.55. The molecule has 0 saturated carbocycles. The lowest BCUT2D eigenvalue weighted by molar-refractivity contribution is 0.705. The Kier molecular flexibility index (Phi) is 5.84. The van der Waals surface area contributed by atoms with Crippen LogP contribution in [0.4, 0.5) is 0 Å². The number of aryl methyl sites for hydroxylation is 1. The van der Waals surface area contributed by atoms with Gasteiger partial charge in [0.2, 0.25) is 0 Å². The van der Waals surface area contributed by atoms with Crippen LogP contribution in [0.3, 0.4) is 0 Å². The molecule has 0 bridgehead atoms. The normalized spacial score (nSPS) is 23.2. The first kappa shape index (κ1) is 18.4. The fraction of sp³-hybridized carbons (Fsp3) is 0.250. The predicted molar refractivity (Wildman–Crippen MR) is 106 cm³/mol. The van der Waals surface area contributed by atoms with Gasteiger partial charge in [0, 0.05) is 16.5 Å². The van der Waals surface area contributed by atoms with Gasteiger partial charge in [-0.2, -0.15) is 0 Å². The lowest BCUT2D eigenvalue weighted by Crippen LogP contribution is -2.33. The Labute approximate surface area is 155 Å². The number of amidine groups is 1. The molecule has 0 saturated heterocycles. The van der Waals surface area contributed by atoms with Crippen LogP contribution in [-0.2, 0) is 5.41 Å². The van der Waals surface area contributed by atoms with E-state index in [2.05, 4.69) is 48.5 Å². The third kappa shape index (κ3) is 3.05. The van der Waals surface area contributed by atoms with Crippen LogP contribution in [-0.4, -0.2) is 21.7 Å². The summed E-state index contributed by atoms with van der Waals surface area (Å²) in [6, 6.07) is 8.42. The zero-order valence-corrected chi connectivity index (χ0v) is 16.0. The summed E-state index contributed by atoms with van der Waals surface area (Å²) in [5.74, 6) is 0.135. The first-order valence-electron chi connectivity index (χ1n) is 6.82. The molecule has 23 heavy (non-hydrogen) atoms. The highest BCUT2D eigenvalue weighted by molar-refractivity contribution is 8.19. The van der Waals surface area contributed by atoms with Crippen molar-refractivity contribution in [3.05, 3.63) is 63.0 Å². The van der Waals surface area contributed by atoms with E-state index in [0.29, 0.717) is 0 Å². The Balaban J connectivity index is 0.00000192. The number of thiazole rings is 1. The first-order valence-corrected chi connectivity index (χ1v) is 9.87. The highest BCUT2D eigenvalue weighted by Gasteiger charge is 2.48. The van der Waals surface area contributed by atoms with E-state index in [9.17, 15) is 0 Å². The van der Waals surface area contributed by atoms with E-state index < -0.39 is 0 Å². The largest absolute Gasteiger partial charge is 0.383 e. The standard InChI is InChI=1S/C16H17N3S3.ClH/c1-10-5-3-4-6-11(10)16(14-19-7-8-21-14)9-12(13(17)18)22-15(16)20-2;/h3-9,15H,1-2H3,(H3,17,18);1H. The van der Waals surface area contributed by atoms with Gasteiger partial charge in [-0.15, -0.1) is 47.3 Å². The van der Waals surface area contributed by atoms with Crippen molar-refractivity contribution in [1.82, 2.24) is 4.98 Å². The predicted octanol–water partition coefficient (Wildman–Crippen LogP) is 4.42. The molecule has 0 fully saturated rings. The van der Waals surface area contributed by atoms with Crippen LogP contribution in [0, 0.1) is 12.3 Å². The zero-order chi connectivity index (χ0) is 15.7. The van der Waals surface area contributed by atoms with Crippen LogP contribution in [0.1, 0.15) is 16.1 Å². The number of rotatable bonds is 4. The number of nitrogens with two attached hydrogens (primary N) is 1. The molecule has 2 atom stereocenters. The maximum atomic E-state index is 7.84. The van der Waals surface area contributed by atoms with Crippen molar-refractivity contribution in [3.8, 4) is 0 Å². The molecule has 0 radical (unpaired) electrons. The fourth-order valence-corrected chi connectivity index (χ4v) is 6.32. The van der Waals surface area contributed by atoms with Gasteiger partial charge in [-0.1, -0.05) is 24.3 Å². The van der Waals surface area contributed by atoms with Gasteiger partial charge in [0.1, 0.15) is 10.8 Å². The van der Waals surface area contributed by atoms with E-state index in [1.54, 1.807) is 34.9 Å². The van der Waals surface area contributed by atoms with Gasteiger partial charge in [-0.3, -0.25) is 5.41 Å². The van der Waals surface area contributed by atoms with Gasteiger partial charge in [-0.25, -0.2) is 4.98 Å². The van der Waals surface area contributed by atoms with Crippen LogP contribution < -0.4 is 5.73 Å². The van der Waals surface area contributed by atoms with E-state index >= 15 is 0 Å². The van der Waals surface area contributed by atoms with Crippen LogP contribution in [0.5, 0.6) is 0 Å². The second-order valence-corrected chi connectivity index (χ2v) is 8.41. The van der Waals surface area contributed by atoms with E-state index in [1.807, 2.05) is 11.6 Å². The highest BCUT2D eigenvalue weighted by atomic mass is 35.5. The molecule has 3 rings (SSSR count). The number of benzene rings is 1. The maximum Gasteiger partial charge on any atom is 0.129 e. The summed E-state index contributed by atoms with van der Waals surface area (Å²) in [5.41, 5.74) is 7.92. The summed E-state index contributed by atoms with van der Waals surface area (Å²) in [6.07, 6.45) is 6.10. The molecular weight excluding hydrogens is 366 g/mol. The minimum absolute atomic E-state index is 0. The van der Waals surface area contributed by atoms with Crippen molar-refractivity contribution in [3.63, 3.8) is 0 Å². The third-order valence-corrected chi connectivity index (χ3v) is 7.59. The first-order chi connectivity index (χ1) is 10.6. The number of hydrogen-bond donors (Lipinski definition) is 2. The van der Waals surface area contributed by atoms with E-state index in [4.69, 9.17) is 11.1 Å². The summed E-state index contributed by atoms with van der Waals surface area (Å²) >= 11 is 5.12. The number of thioether (sulfide) groups is 2. The molecule has 3 nitrogen and oxygen atoms in total. The average molecular weight is 384 g/mol. The molecule has 1 aromatic heterocycles. The van der Waals surface area contributed by atoms with Crippen molar-refractivity contribution in [2.24, 2.45) is 5.73 Å². The summed E-state index contributed by atoms with van der Waals surface area (Å²) in [5, 5.41) is 10.9. The number of halogens is 1. The van der Waals surface area contributed by atoms with Gasteiger partial charge < -0.3 is 5.73 Å². The maximum absolute atomic E-state index is 7.84. The van der Waals surface area contributed by atoms with Gasteiger partial charge in [0.15, 0.2) is 0 Å². The molecule has 0 amide bonds. The Morgan fingerprint density at radius 2 is 2.13 bits per heavy atom.